The summed E-state index contributed by atoms with van der Waals surface area (Å²) in [5.74, 6) is 0.128. The third-order valence-electron chi connectivity index (χ3n) is 6.88. The van der Waals surface area contributed by atoms with E-state index in [-0.39, 0.29) is 24.0 Å². The van der Waals surface area contributed by atoms with Crippen molar-refractivity contribution in [3.05, 3.63) is 29.8 Å². The predicted molar refractivity (Wildman–Crippen MR) is 104 cm³/mol. The molecule has 3 aliphatic rings. The molecular formula is C21H31N3O2. The van der Waals surface area contributed by atoms with Gasteiger partial charge in [-0.1, -0.05) is 0 Å². The lowest BCUT2D eigenvalue weighted by Gasteiger charge is -2.53. The number of hydrogen-bond donors (Lipinski definition) is 1. The number of carbonyl (C=O) groups excluding carboxylic acids is 1. The number of benzene rings is 1. The third kappa shape index (κ3) is 3.12. The Morgan fingerprint density at radius 2 is 1.81 bits per heavy atom. The zero-order valence-electron chi connectivity index (χ0n) is 15.9. The van der Waals surface area contributed by atoms with Crippen molar-refractivity contribution in [2.75, 3.05) is 51.3 Å². The van der Waals surface area contributed by atoms with Crippen molar-refractivity contribution in [2.24, 2.45) is 5.41 Å². The molecule has 1 aromatic carbocycles. The molecule has 3 heterocycles. The van der Waals surface area contributed by atoms with Gasteiger partial charge in [0.1, 0.15) is 0 Å². The van der Waals surface area contributed by atoms with E-state index in [1.165, 1.54) is 18.5 Å². The maximum absolute atomic E-state index is 13.0. The highest BCUT2D eigenvalue weighted by Gasteiger charge is 2.47. The second-order valence-corrected chi connectivity index (χ2v) is 8.36. The van der Waals surface area contributed by atoms with Gasteiger partial charge in [0.05, 0.1) is 6.61 Å². The first-order valence-corrected chi connectivity index (χ1v) is 10.1. The number of piperidine rings is 2. The van der Waals surface area contributed by atoms with Crippen LogP contribution in [0.1, 0.15) is 42.5 Å². The minimum Gasteiger partial charge on any atom is -0.396 e. The Bertz CT molecular complexity index is 641. The van der Waals surface area contributed by atoms with Gasteiger partial charge in [0.15, 0.2) is 0 Å². The van der Waals surface area contributed by atoms with Gasteiger partial charge in [-0.2, -0.15) is 0 Å². The molecule has 1 aromatic rings. The summed E-state index contributed by atoms with van der Waals surface area (Å²) in [5.41, 5.74) is 1.98. The van der Waals surface area contributed by atoms with E-state index < -0.39 is 0 Å². The van der Waals surface area contributed by atoms with Crippen molar-refractivity contribution in [1.82, 2.24) is 9.80 Å². The van der Waals surface area contributed by atoms with Crippen LogP contribution in [0.15, 0.2) is 24.3 Å². The molecule has 0 saturated carbocycles. The van der Waals surface area contributed by atoms with Crippen molar-refractivity contribution >= 4 is 11.6 Å². The van der Waals surface area contributed by atoms with Crippen LogP contribution in [-0.2, 0) is 0 Å². The molecule has 26 heavy (non-hydrogen) atoms. The fourth-order valence-corrected chi connectivity index (χ4v) is 5.17. The lowest BCUT2D eigenvalue weighted by Crippen LogP contribution is -2.62. The van der Waals surface area contributed by atoms with Crippen LogP contribution in [0.4, 0.5) is 5.69 Å². The molecule has 5 nitrogen and oxygen atoms in total. The van der Waals surface area contributed by atoms with Gasteiger partial charge in [0.2, 0.25) is 0 Å². The molecule has 142 valence electrons. The standard InChI is InChI=1S/C21H31N3O2/c1-22-11-4-9-21(16-25)10-14-24(15-19(21)22)20(26)17-5-7-18(8-6-17)23-12-2-3-13-23/h5-8,19,25H,2-4,9-16H2,1H3/t19-,21-/m1/s1. The van der Waals surface area contributed by atoms with Crippen molar-refractivity contribution in [3.8, 4) is 0 Å². The van der Waals surface area contributed by atoms with Crippen LogP contribution in [-0.4, -0.2) is 73.2 Å². The fraction of sp³-hybridized carbons (Fsp3) is 0.667. The number of aliphatic hydroxyl groups excluding tert-OH is 1. The Kier molecular flexibility index (Phi) is 4.93. The highest BCUT2D eigenvalue weighted by molar-refractivity contribution is 5.94. The van der Waals surface area contributed by atoms with Crippen molar-refractivity contribution in [1.29, 1.82) is 0 Å². The van der Waals surface area contributed by atoms with E-state index in [0.717, 1.165) is 57.5 Å². The summed E-state index contributed by atoms with van der Waals surface area (Å²) in [4.78, 5) is 19.8. The largest absolute Gasteiger partial charge is 0.396 e. The number of rotatable bonds is 3. The zero-order valence-corrected chi connectivity index (χ0v) is 15.9. The lowest BCUT2D eigenvalue weighted by atomic mass is 9.69. The van der Waals surface area contributed by atoms with Gasteiger partial charge in [-0.15, -0.1) is 0 Å². The first kappa shape index (κ1) is 17.8. The summed E-state index contributed by atoms with van der Waals surface area (Å²) in [7, 11) is 2.13. The molecule has 3 saturated heterocycles. The number of aliphatic hydroxyl groups is 1. The van der Waals surface area contributed by atoms with Gasteiger partial charge >= 0.3 is 0 Å². The highest BCUT2D eigenvalue weighted by atomic mass is 16.3. The van der Waals surface area contributed by atoms with Crippen LogP contribution in [0.5, 0.6) is 0 Å². The van der Waals surface area contributed by atoms with Gasteiger partial charge < -0.3 is 19.8 Å². The van der Waals surface area contributed by atoms with E-state index in [0.29, 0.717) is 0 Å². The van der Waals surface area contributed by atoms with E-state index in [9.17, 15) is 9.90 Å². The first-order valence-electron chi connectivity index (χ1n) is 10.1. The van der Waals surface area contributed by atoms with Gasteiger partial charge in [0, 0.05) is 48.9 Å². The average Bonchev–Trinajstić information content (AvgIpc) is 3.22. The molecule has 3 aliphatic heterocycles. The number of likely N-dealkylation sites (tertiary alicyclic amines) is 2. The van der Waals surface area contributed by atoms with Crippen molar-refractivity contribution in [3.63, 3.8) is 0 Å². The third-order valence-corrected chi connectivity index (χ3v) is 6.88. The maximum Gasteiger partial charge on any atom is 0.253 e. The molecule has 0 aliphatic carbocycles. The summed E-state index contributed by atoms with van der Waals surface area (Å²) in [6.07, 6.45) is 5.63. The first-order chi connectivity index (χ1) is 12.6. The number of nitrogens with zero attached hydrogens (tertiary/aromatic N) is 3. The SMILES string of the molecule is CN1CCC[C@]2(CO)CCN(C(=O)c3ccc(N4CCCC4)cc3)C[C@@H]12. The smallest absolute Gasteiger partial charge is 0.253 e. The normalized spacial score (nSPS) is 29.7. The number of carbonyl (C=O) groups is 1. The topological polar surface area (TPSA) is 47.0 Å². The van der Waals surface area contributed by atoms with Crippen LogP contribution in [0.3, 0.4) is 0 Å². The summed E-state index contributed by atoms with van der Waals surface area (Å²) in [6.45, 7) is 5.00. The number of hydrogen-bond acceptors (Lipinski definition) is 4. The predicted octanol–water partition coefficient (Wildman–Crippen LogP) is 2.21. The Morgan fingerprint density at radius 1 is 1.08 bits per heavy atom. The van der Waals surface area contributed by atoms with E-state index in [1.54, 1.807) is 0 Å². The van der Waals surface area contributed by atoms with Crippen LogP contribution >= 0.6 is 0 Å². The summed E-state index contributed by atoms with van der Waals surface area (Å²) < 4.78 is 0. The lowest BCUT2D eigenvalue weighted by molar-refractivity contribution is -0.0601. The van der Waals surface area contributed by atoms with Crippen LogP contribution in [0, 0.1) is 5.41 Å². The van der Waals surface area contributed by atoms with Crippen LogP contribution in [0.25, 0.3) is 0 Å². The van der Waals surface area contributed by atoms with Crippen molar-refractivity contribution < 1.29 is 9.90 Å². The number of amides is 1. The highest BCUT2D eigenvalue weighted by Crippen LogP contribution is 2.41. The molecule has 1 amide bonds. The molecule has 5 heteroatoms. The molecule has 4 rings (SSSR count). The Labute approximate surface area is 156 Å². The van der Waals surface area contributed by atoms with Crippen molar-refractivity contribution in [2.45, 2.75) is 38.1 Å². The summed E-state index contributed by atoms with van der Waals surface area (Å²) in [6, 6.07) is 8.41. The van der Waals surface area contributed by atoms with Gasteiger partial charge in [0.25, 0.3) is 5.91 Å². The Balaban J connectivity index is 1.46. The van der Waals surface area contributed by atoms with E-state index in [1.807, 2.05) is 17.0 Å². The molecule has 0 bridgehead atoms. The minimum absolute atomic E-state index is 0.0244. The van der Waals surface area contributed by atoms with E-state index >= 15 is 0 Å². The van der Waals surface area contributed by atoms with Crippen LogP contribution < -0.4 is 4.90 Å². The quantitative estimate of drug-likeness (QED) is 0.901. The molecule has 0 radical (unpaired) electrons. The molecule has 0 aromatic heterocycles. The summed E-state index contributed by atoms with van der Waals surface area (Å²) >= 11 is 0. The minimum atomic E-state index is -0.0244. The molecule has 0 spiro atoms. The monoisotopic (exact) mass is 357 g/mol. The number of anilines is 1. The maximum atomic E-state index is 13.0. The molecule has 1 N–H and O–H groups in total. The molecule has 0 unspecified atom stereocenters. The van der Waals surface area contributed by atoms with Crippen LogP contribution in [0.2, 0.25) is 0 Å². The molecular weight excluding hydrogens is 326 g/mol. The van der Waals surface area contributed by atoms with E-state index in [2.05, 4.69) is 29.0 Å². The zero-order chi connectivity index (χ0) is 18.1. The molecule has 2 atom stereocenters. The number of fused-ring (bicyclic) bond motifs is 1. The second kappa shape index (κ2) is 7.20. The Morgan fingerprint density at radius 3 is 2.50 bits per heavy atom. The number of likely N-dealkylation sites (N-methyl/N-ethyl adjacent to an activating group) is 1. The second-order valence-electron chi connectivity index (χ2n) is 8.36. The van der Waals surface area contributed by atoms with Gasteiger partial charge in [-0.05, 0) is 70.0 Å². The van der Waals surface area contributed by atoms with Gasteiger partial charge in [-0.25, -0.2) is 0 Å². The summed E-state index contributed by atoms with van der Waals surface area (Å²) in [5, 5.41) is 10.0. The van der Waals surface area contributed by atoms with Gasteiger partial charge in [-0.3, -0.25) is 4.79 Å². The van der Waals surface area contributed by atoms with E-state index in [4.69, 9.17) is 0 Å². The Hall–Kier alpha value is -1.59. The average molecular weight is 357 g/mol. The fourth-order valence-electron chi connectivity index (χ4n) is 5.17. The molecule has 3 fully saturated rings.